The maximum absolute atomic E-state index is 9.08. The van der Waals surface area contributed by atoms with Crippen LogP contribution >= 0.6 is 11.6 Å². The van der Waals surface area contributed by atoms with E-state index in [1.165, 1.54) is 6.33 Å². The second-order valence-electron chi connectivity index (χ2n) is 3.80. The molecule has 0 N–H and O–H groups in total. The lowest BCUT2D eigenvalue weighted by atomic mass is 10.1. The van der Waals surface area contributed by atoms with E-state index in [4.69, 9.17) is 22.1 Å². The Kier molecular flexibility index (Phi) is 3.32. The van der Waals surface area contributed by atoms with Crippen LogP contribution in [0.1, 0.15) is 29.9 Å². The Bertz CT molecular complexity index is 643. The number of benzene rings is 1. The minimum absolute atomic E-state index is 0.0773. The van der Waals surface area contributed by atoms with E-state index in [1.807, 2.05) is 31.2 Å². The highest BCUT2D eigenvalue weighted by atomic mass is 35.5. The molecule has 5 heteroatoms. The van der Waals surface area contributed by atoms with Gasteiger partial charge in [-0.3, -0.25) is 0 Å². The highest BCUT2D eigenvalue weighted by Gasteiger charge is 2.16. The molecule has 0 amide bonds. The molecule has 1 heterocycles. The molecule has 2 rings (SSSR count). The number of imidazole rings is 1. The van der Waals surface area contributed by atoms with Crippen LogP contribution < -0.4 is 0 Å². The number of nitrogens with zero attached hydrogens (tertiary/aromatic N) is 4. The predicted octanol–water partition coefficient (Wildman–Crippen LogP) is 2.89. The molecule has 0 aliphatic heterocycles. The summed E-state index contributed by atoms with van der Waals surface area (Å²) in [5, 5.41) is 18.6. The Balaban J connectivity index is 2.44. The molecule has 4 nitrogen and oxygen atoms in total. The summed E-state index contributed by atoms with van der Waals surface area (Å²) in [4.78, 5) is 3.92. The number of rotatable bonds is 2. The molecule has 0 aliphatic carbocycles. The van der Waals surface area contributed by atoms with Crippen LogP contribution in [0.25, 0.3) is 0 Å². The van der Waals surface area contributed by atoms with Gasteiger partial charge < -0.3 is 4.57 Å². The van der Waals surface area contributed by atoms with Gasteiger partial charge in [0.05, 0.1) is 12.4 Å². The third-order valence-corrected chi connectivity index (χ3v) is 3.03. The summed E-state index contributed by atoms with van der Waals surface area (Å²) < 4.78 is 1.68. The normalized spacial score (nSPS) is 11.6. The van der Waals surface area contributed by atoms with E-state index in [9.17, 15) is 0 Å². The number of nitriles is 2. The van der Waals surface area contributed by atoms with E-state index in [0.717, 1.165) is 5.56 Å². The predicted molar refractivity (Wildman–Crippen MR) is 66.9 cm³/mol. The molecule has 1 atom stereocenters. The molecule has 0 spiro atoms. The maximum Gasteiger partial charge on any atom is 0.176 e. The van der Waals surface area contributed by atoms with E-state index >= 15 is 0 Å². The summed E-state index contributed by atoms with van der Waals surface area (Å²) >= 11 is 5.83. The molecular formula is C13H9ClN4. The van der Waals surface area contributed by atoms with Crippen molar-refractivity contribution in [2.24, 2.45) is 0 Å². The van der Waals surface area contributed by atoms with Gasteiger partial charge in [0.15, 0.2) is 11.4 Å². The van der Waals surface area contributed by atoms with Gasteiger partial charge in [0, 0.05) is 5.02 Å². The van der Waals surface area contributed by atoms with Crippen LogP contribution in [0.4, 0.5) is 0 Å². The lowest BCUT2D eigenvalue weighted by Crippen LogP contribution is -2.08. The van der Waals surface area contributed by atoms with Crippen LogP contribution in [-0.4, -0.2) is 9.55 Å². The number of hydrogen-bond acceptors (Lipinski definition) is 3. The first-order chi connectivity index (χ1) is 8.67. The standard InChI is InChI=1S/C13H9ClN4/c1-9(10-2-4-11(14)5-3-10)18-8-17-12(6-15)13(18)7-16/h2-5,8-9H,1H3. The average molecular weight is 257 g/mol. The van der Waals surface area contributed by atoms with Crippen LogP contribution in [0.15, 0.2) is 30.6 Å². The van der Waals surface area contributed by atoms with Crippen LogP contribution in [-0.2, 0) is 0 Å². The average Bonchev–Trinajstić information content (AvgIpc) is 2.81. The third-order valence-electron chi connectivity index (χ3n) is 2.78. The first-order valence-electron chi connectivity index (χ1n) is 5.30. The van der Waals surface area contributed by atoms with Gasteiger partial charge in [0.1, 0.15) is 12.1 Å². The fourth-order valence-electron chi connectivity index (χ4n) is 1.75. The zero-order chi connectivity index (χ0) is 13.1. The number of hydrogen-bond donors (Lipinski definition) is 0. The van der Waals surface area contributed by atoms with E-state index in [-0.39, 0.29) is 17.4 Å². The highest BCUT2D eigenvalue weighted by molar-refractivity contribution is 6.30. The first-order valence-corrected chi connectivity index (χ1v) is 5.67. The smallest absolute Gasteiger partial charge is 0.176 e. The molecule has 2 aromatic rings. The lowest BCUT2D eigenvalue weighted by molar-refractivity contribution is 0.631. The van der Waals surface area contributed by atoms with E-state index < -0.39 is 0 Å². The van der Waals surface area contributed by atoms with E-state index in [2.05, 4.69) is 4.98 Å². The molecule has 0 aliphatic rings. The molecule has 88 valence electrons. The van der Waals surface area contributed by atoms with Crippen molar-refractivity contribution in [1.29, 1.82) is 10.5 Å². The minimum Gasteiger partial charge on any atom is -0.314 e. The highest BCUT2D eigenvalue weighted by Crippen LogP contribution is 2.22. The molecule has 1 aromatic heterocycles. The Hall–Kier alpha value is -2.30. The van der Waals surface area contributed by atoms with Crippen LogP contribution in [0.5, 0.6) is 0 Å². The molecular weight excluding hydrogens is 248 g/mol. The van der Waals surface area contributed by atoms with Crippen molar-refractivity contribution in [2.45, 2.75) is 13.0 Å². The van der Waals surface area contributed by atoms with Crippen LogP contribution in [0.2, 0.25) is 5.02 Å². The van der Waals surface area contributed by atoms with E-state index in [1.54, 1.807) is 16.7 Å². The van der Waals surface area contributed by atoms with Gasteiger partial charge in [-0.15, -0.1) is 0 Å². The molecule has 18 heavy (non-hydrogen) atoms. The van der Waals surface area contributed by atoms with Gasteiger partial charge in [0.25, 0.3) is 0 Å². The van der Waals surface area contributed by atoms with Crippen molar-refractivity contribution < 1.29 is 0 Å². The van der Waals surface area contributed by atoms with Crippen molar-refractivity contribution in [1.82, 2.24) is 9.55 Å². The largest absolute Gasteiger partial charge is 0.314 e. The van der Waals surface area contributed by atoms with E-state index in [0.29, 0.717) is 5.02 Å². The molecule has 0 saturated heterocycles. The summed E-state index contributed by atoms with van der Waals surface area (Å²) in [6.45, 7) is 1.94. The van der Waals surface area contributed by atoms with Crippen molar-refractivity contribution in [3.8, 4) is 12.1 Å². The zero-order valence-electron chi connectivity index (χ0n) is 9.63. The summed E-state index contributed by atoms with van der Waals surface area (Å²) in [7, 11) is 0. The van der Waals surface area contributed by atoms with Crippen LogP contribution in [0.3, 0.4) is 0 Å². The third kappa shape index (κ3) is 2.07. The minimum atomic E-state index is -0.0773. The summed E-state index contributed by atoms with van der Waals surface area (Å²) in [6, 6.07) is 11.2. The molecule has 0 radical (unpaired) electrons. The Morgan fingerprint density at radius 3 is 2.44 bits per heavy atom. The SMILES string of the molecule is CC(c1ccc(Cl)cc1)n1cnc(C#N)c1C#N. The number of halogens is 1. The molecule has 1 unspecified atom stereocenters. The Morgan fingerprint density at radius 2 is 1.89 bits per heavy atom. The Morgan fingerprint density at radius 1 is 1.22 bits per heavy atom. The fourth-order valence-corrected chi connectivity index (χ4v) is 1.88. The van der Waals surface area contributed by atoms with Gasteiger partial charge in [-0.1, -0.05) is 23.7 Å². The molecule has 0 fully saturated rings. The quantitative estimate of drug-likeness (QED) is 0.830. The fraction of sp³-hybridized carbons (Fsp3) is 0.154. The molecule has 0 saturated carbocycles. The topological polar surface area (TPSA) is 65.4 Å². The van der Waals surface area contributed by atoms with Gasteiger partial charge >= 0.3 is 0 Å². The maximum atomic E-state index is 9.08. The van der Waals surface area contributed by atoms with Crippen molar-refractivity contribution in [2.75, 3.05) is 0 Å². The molecule has 1 aromatic carbocycles. The van der Waals surface area contributed by atoms with Crippen LogP contribution in [0, 0.1) is 22.7 Å². The molecule has 0 bridgehead atoms. The summed E-state index contributed by atoms with van der Waals surface area (Å²) in [6.07, 6.45) is 1.51. The second-order valence-corrected chi connectivity index (χ2v) is 4.24. The van der Waals surface area contributed by atoms with Gasteiger partial charge in [-0.2, -0.15) is 10.5 Å². The van der Waals surface area contributed by atoms with Gasteiger partial charge in [0.2, 0.25) is 0 Å². The Labute approximate surface area is 110 Å². The second kappa shape index (κ2) is 4.91. The van der Waals surface area contributed by atoms with Crippen molar-refractivity contribution in [3.63, 3.8) is 0 Å². The monoisotopic (exact) mass is 256 g/mol. The van der Waals surface area contributed by atoms with Crippen molar-refractivity contribution >= 4 is 11.6 Å². The first kappa shape index (κ1) is 12.2. The van der Waals surface area contributed by atoms with Gasteiger partial charge in [-0.05, 0) is 24.6 Å². The number of aromatic nitrogens is 2. The van der Waals surface area contributed by atoms with Crippen molar-refractivity contribution in [3.05, 3.63) is 52.6 Å². The summed E-state index contributed by atoms with van der Waals surface area (Å²) in [5.41, 5.74) is 1.43. The van der Waals surface area contributed by atoms with Gasteiger partial charge in [-0.25, -0.2) is 4.98 Å². The lowest BCUT2D eigenvalue weighted by Gasteiger charge is -2.14. The zero-order valence-corrected chi connectivity index (χ0v) is 10.4. The summed E-state index contributed by atoms with van der Waals surface area (Å²) in [5.74, 6) is 0.